The van der Waals surface area contributed by atoms with Crippen LogP contribution >= 0.6 is 11.6 Å². The fourth-order valence-electron chi connectivity index (χ4n) is 2.11. The monoisotopic (exact) mass is 187 g/mol. The van der Waals surface area contributed by atoms with Crippen molar-refractivity contribution in [2.75, 3.05) is 13.1 Å². The number of carbonyl (C=O) groups is 1. The molecule has 1 aliphatic carbocycles. The van der Waals surface area contributed by atoms with Gasteiger partial charge >= 0.3 is 5.37 Å². The standard InChI is InChI=1S/C9H14ClNO/c10-8(12)11-6-1-2-9(3-4-9)5-7-11/h1-7H2. The van der Waals surface area contributed by atoms with Gasteiger partial charge in [-0.15, -0.1) is 0 Å². The number of hydrogen-bond donors (Lipinski definition) is 0. The van der Waals surface area contributed by atoms with E-state index in [1.165, 1.54) is 25.7 Å². The first-order valence-electron chi connectivity index (χ1n) is 4.66. The molecule has 2 rings (SSSR count). The lowest BCUT2D eigenvalue weighted by atomic mass is 9.98. The number of hydrogen-bond acceptors (Lipinski definition) is 1. The van der Waals surface area contributed by atoms with Crippen LogP contribution in [-0.4, -0.2) is 23.4 Å². The van der Waals surface area contributed by atoms with Gasteiger partial charge in [-0.05, 0) is 49.1 Å². The molecule has 2 nitrogen and oxygen atoms in total. The molecule has 1 amide bonds. The molecule has 0 aromatic heterocycles. The number of halogens is 1. The first-order valence-corrected chi connectivity index (χ1v) is 5.04. The van der Waals surface area contributed by atoms with Gasteiger partial charge in [0.15, 0.2) is 0 Å². The maximum atomic E-state index is 10.9. The molecule has 12 heavy (non-hydrogen) atoms. The summed E-state index contributed by atoms with van der Waals surface area (Å²) in [7, 11) is 0. The summed E-state index contributed by atoms with van der Waals surface area (Å²) in [5.74, 6) is 0. The van der Waals surface area contributed by atoms with E-state index in [0.29, 0.717) is 5.41 Å². The lowest BCUT2D eigenvalue weighted by Crippen LogP contribution is -2.27. The molecule has 68 valence electrons. The van der Waals surface area contributed by atoms with Gasteiger partial charge in [-0.25, -0.2) is 0 Å². The van der Waals surface area contributed by atoms with E-state index in [1.807, 2.05) is 0 Å². The molecule has 0 N–H and O–H groups in total. The van der Waals surface area contributed by atoms with E-state index in [9.17, 15) is 4.79 Å². The van der Waals surface area contributed by atoms with Crippen molar-refractivity contribution in [3.05, 3.63) is 0 Å². The molecule has 1 aliphatic heterocycles. The summed E-state index contributed by atoms with van der Waals surface area (Å²) in [6, 6.07) is 0. The van der Waals surface area contributed by atoms with E-state index in [1.54, 1.807) is 4.90 Å². The van der Waals surface area contributed by atoms with Gasteiger partial charge in [-0.3, -0.25) is 4.79 Å². The van der Waals surface area contributed by atoms with Gasteiger partial charge in [0, 0.05) is 13.1 Å². The predicted octanol–water partition coefficient (Wildman–Crippen LogP) is 2.61. The van der Waals surface area contributed by atoms with E-state index < -0.39 is 0 Å². The zero-order valence-corrected chi connectivity index (χ0v) is 7.94. The predicted molar refractivity (Wildman–Crippen MR) is 48.3 cm³/mol. The molecule has 0 atom stereocenters. The molecule has 0 aromatic rings. The molecular formula is C9H14ClNO. The Morgan fingerprint density at radius 2 is 1.92 bits per heavy atom. The van der Waals surface area contributed by atoms with Crippen molar-refractivity contribution in [2.45, 2.75) is 32.1 Å². The summed E-state index contributed by atoms with van der Waals surface area (Å²) in [5.41, 5.74) is 0.626. The SMILES string of the molecule is O=C(Cl)N1CCCC2(CC1)CC2. The third kappa shape index (κ3) is 1.58. The highest BCUT2D eigenvalue weighted by atomic mass is 35.5. The molecule has 1 spiro atoms. The van der Waals surface area contributed by atoms with E-state index in [0.717, 1.165) is 19.5 Å². The molecule has 0 radical (unpaired) electrons. The molecule has 1 saturated heterocycles. The van der Waals surface area contributed by atoms with Crippen LogP contribution in [0.1, 0.15) is 32.1 Å². The van der Waals surface area contributed by atoms with Crippen LogP contribution < -0.4 is 0 Å². The van der Waals surface area contributed by atoms with Crippen molar-refractivity contribution in [3.8, 4) is 0 Å². The minimum absolute atomic E-state index is 0.271. The van der Waals surface area contributed by atoms with Crippen LogP contribution in [0.25, 0.3) is 0 Å². The first-order chi connectivity index (χ1) is 5.72. The van der Waals surface area contributed by atoms with Crippen LogP contribution in [0.4, 0.5) is 4.79 Å². The van der Waals surface area contributed by atoms with Crippen molar-refractivity contribution in [3.63, 3.8) is 0 Å². The van der Waals surface area contributed by atoms with Crippen LogP contribution in [0.2, 0.25) is 0 Å². The fraction of sp³-hybridized carbons (Fsp3) is 0.889. The second-order valence-electron chi connectivity index (χ2n) is 4.09. The Morgan fingerprint density at radius 1 is 1.17 bits per heavy atom. The molecule has 1 heterocycles. The van der Waals surface area contributed by atoms with Gasteiger partial charge < -0.3 is 4.90 Å². The summed E-state index contributed by atoms with van der Waals surface area (Å²) in [4.78, 5) is 12.6. The second kappa shape index (κ2) is 2.91. The summed E-state index contributed by atoms with van der Waals surface area (Å²) < 4.78 is 0. The van der Waals surface area contributed by atoms with Gasteiger partial charge in [0.25, 0.3) is 0 Å². The molecule has 0 bridgehead atoms. The van der Waals surface area contributed by atoms with Crippen molar-refractivity contribution < 1.29 is 4.79 Å². The van der Waals surface area contributed by atoms with Crippen LogP contribution in [0, 0.1) is 5.41 Å². The van der Waals surface area contributed by atoms with Gasteiger partial charge in [-0.2, -0.15) is 0 Å². The Bertz CT molecular complexity index is 201. The maximum absolute atomic E-state index is 10.9. The Kier molecular flexibility index (Phi) is 2.03. The summed E-state index contributed by atoms with van der Waals surface area (Å²) in [5, 5.41) is -0.271. The fourth-order valence-corrected chi connectivity index (χ4v) is 2.28. The highest BCUT2D eigenvalue weighted by molar-refractivity contribution is 6.62. The van der Waals surface area contributed by atoms with Crippen LogP contribution in [0.15, 0.2) is 0 Å². The van der Waals surface area contributed by atoms with Crippen molar-refractivity contribution in [1.29, 1.82) is 0 Å². The smallest absolute Gasteiger partial charge is 0.316 e. The van der Waals surface area contributed by atoms with Crippen molar-refractivity contribution in [1.82, 2.24) is 4.90 Å². The van der Waals surface area contributed by atoms with E-state index >= 15 is 0 Å². The lowest BCUT2D eigenvalue weighted by Gasteiger charge is -2.16. The molecule has 2 aliphatic rings. The van der Waals surface area contributed by atoms with Gasteiger partial charge in [0.1, 0.15) is 0 Å². The largest absolute Gasteiger partial charge is 0.329 e. The van der Waals surface area contributed by atoms with Crippen LogP contribution in [0.5, 0.6) is 0 Å². The Morgan fingerprint density at radius 3 is 2.50 bits per heavy atom. The zero-order valence-electron chi connectivity index (χ0n) is 7.18. The van der Waals surface area contributed by atoms with Crippen molar-refractivity contribution in [2.24, 2.45) is 5.41 Å². The molecule has 2 fully saturated rings. The average Bonchev–Trinajstić information content (AvgIpc) is 2.80. The van der Waals surface area contributed by atoms with Gasteiger partial charge in [0.2, 0.25) is 0 Å². The number of amides is 1. The minimum Gasteiger partial charge on any atom is -0.329 e. The van der Waals surface area contributed by atoms with Gasteiger partial charge in [-0.1, -0.05) is 0 Å². The second-order valence-corrected chi connectivity index (χ2v) is 4.42. The minimum atomic E-state index is -0.271. The topological polar surface area (TPSA) is 20.3 Å². The third-order valence-electron chi connectivity index (χ3n) is 3.25. The first kappa shape index (κ1) is 8.36. The highest BCUT2D eigenvalue weighted by Gasteiger charge is 2.43. The summed E-state index contributed by atoms with van der Waals surface area (Å²) in [6.07, 6.45) is 6.35. The molecule has 3 heteroatoms. The molecular weight excluding hydrogens is 174 g/mol. The molecule has 0 unspecified atom stereocenters. The summed E-state index contributed by atoms with van der Waals surface area (Å²) in [6.45, 7) is 1.74. The average molecular weight is 188 g/mol. The summed E-state index contributed by atoms with van der Waals surface area (Å²) >= 11 is 5.43. The highest BCUT2D eigenvalue weighted by Crippen LogP contribution is 2.53. The maximum Gasteiger partial charge on any atom is 0.316 e. The number of nitrogens with zero attached hydrogens (tertiary/aromatic N) is 1. The van der Waals surface area contributed by atoms with E-state index in [-0.39, 0.29) is 5.37 Å². The lowest BCUT2D eigenvalue weighted by molar-refractivity contribution is 0.223. The third-order valence-corrected chi connectivity index (χ3v) is 3.49. The van der Waals surface area contributed by atoms with E-state index in [4.69, 9.17) is 11.6 Å². The normalized spacial score (nSPS) is 26.9. The van der Waals surface area contributed by atoms with Crippen LogP contribution in [0.3, 0.4) is 0 Å². The molecule has 0 aromatic carbocycles. The Balaban J connectivity index is 1.93. The Hall–Kier alpha value is -0.240. The van der Waals surface area contributed by atoms with E-state index in [2.05, 4.69) is 0 Å². The number of likely N-dealkylation sites (tertiary alicyclic amines) is 1. The number of rotatable bonds is 0. The zero-order chi connectivity index (χ0) is 8.60. The van der Waals surface area contributed by atoms with Gasteiger partial charge in [0.05, 0.1) is 0 Å². The Labute approximate surface area is 77.9 Å². The number of carbonyl (C=O) groups excluding carboxylic acids is 1. The van der Waals surface area contributed by atoms with Crippen molar-refractivity contribution >= 4 is 17.0 Å². The van der Waals surface area contributed by atoms with Crippen LogP contribution in [-0.2, 0) is 0 Å². The quantitative estimate of drug-likeness (QED) is 0.422. The molecule has 1 saturated carbocycles.